The number of hydrogen-bond donors (Lipinski definition) is 2. The average molecular weight is 320 g/mol. The largest absolute Gasteiger partial charge is 0.368 e. The number of thiophene rings is 1. The lowest BCUT2D eigenvalue weighted by molar-refractivity contribution is 1.10. The van der Waals surface area contributed by atoms with E-state index in [0.29, 0.717) is 12.4 Å². The zero-order chi connectivity index (χ0) is 11.5. The third kappa shape index (κ3) is 2.84. The van der Waals surface area contributed by atoms with Gasteiger partial charge in [0.1, 0.15) is 5.82 Å². The molecule has 0 radical (unpaired) electrons. The number of rotatable bonds is 3. The summed E-state index contributed by atoms with van der Waals surface area (Å²) in [6.45, 7) is 0.659. The monoisotopic (exact) mass is 318 g/mol. The second kappa shape index (κ2) is 4.99. The second-order valence-electron chi connectivity index (χ2n) is 2.98. The van der Waals surface area contributed by atoms with Crippen LogP contribution in [0, 0.1) is 0 Å². The van der Waals surface area contributed by atoms with Crippen LogP contribution in [-0.4, -0.2) is 9.97 Å². The van der Waals surface area contributed by atoms with E-state index in [1.54, 1.807) is 6.20 Å². The number of nitrogens with two attached hydrogens (primary N) is 1. The van der Waals surface area contributed by atoms with Gasteiger partial charge in [-0.3, -0.25) is 0 Å². The molecule has 0 saturated carbocycles. The molecule has 2 aromatic heterocycles. The number of hydrogen-bond acceptors (Lipinski definition) is 5. The normalized spacial score (nSPS) is 10.4. The van der Waals surface area contributed by atoms with E-state index >= 15 is 0 Å². The molecule has 0 aromatic carbocycles. The van der Waals surface area contributed by atoms with Gasteiger partial charge in [-0.1, -0.05) is 11.6 Å². The maximum absolute atomic E-state index is 5.83. The molecule has 4 nitrogen and oxygen atoms in total. The lowest BCUT2D eigenvalue weighted by atomic mass is 10.4. The highest BCUT2D eigenvalue weighted by atomic mass is 79.9. The molecule has 7 heteroatoms. The number of nitrogens with one attached hydrogen (secondary N) is 1. The van der Waals surface area contributed by atoms with E-state index in [9.17, 15) is 0 Å². The molecule has 0 atom stereocenters. The Labute approximate surface area is 110 Å². The van der Waals surface area contributed by atoms with Crippen LogP contribution in [0.2, 0.25) is 4.34 Å². The van der Waals surface area contributed by atoms with Crippen molar-refractivity contribution in [1.29, 1.82) is 0 Å². The molecule has 2 heterocycles. The van der Waals surface area contributed by atoms with E-state index in [1.165, 1.54) is 11.3 Å². The maximum Gasteiger partial charge on any atom is 0.221 e. The van der Waals surface area contributed by atoms with Crippen molar-refractivity contribution in [3.05, 3.63) is 32.0 Å². The number of aromatic nitrogens is 2. The fourth-order valence-corrected chi connectivity index (χ4v) is 2.48. The molecule has 0 aliphatic rings. The van der Waals surface area contributed by atoms with Crippen LogP contribution in [0.3, 0.4) is 0 Å². The Morgan fingerprint density at radius 1 is 1.50 bits per heavy atom. The predicted molar refractivity (Wildman–Crippen MR) is 70.8 cm³/mol. The van der Waals surface area contributed by atoms with Crippen molar-refractivity contribution in [3.63, 3.8) is 0 Å². The molecule has 0 amide bonds. The molecule has 0 spiro atoms. The first-order valence-electron chi connectivity index (χ1n) is 4.41. The van der Waals surface area contributed by atoms with E-state index in [0.717, 1.165) is 13.7 Å². The summed E-state index contributed by atoms with van der Waals surface area (Å²) >= 11 is 10.7. The van der Waals surface area contributed by atoms with Gasteiger partial charge in [-0.25, -0.2) is 4.98 Å². The molecule has 2 aromatic rings. The number of nitrogens with zero attached hydrogens (tertiary/aromatic N) is 2. The smallest absolute Gasteiger partial charge is 0.221 e. The van der Waals surface area contributed by atoms with Gasteiger partial charge in [0.05, 0.1) is 15.4 Å². The first-order valence-corrected chi connectivity index (χ1v) is 6.40. The van der Waals surface area contributed by atoms with E-state index < -0.39 is 0 Å². The average Bonchev–Trinajstić information content (AvgIpc) is 2.66. The van der Waals surface area contributed by atoms with Gasteiger partial charge in [0, 0.05) is 11.1 Å². The van der Waals surface area contributed by atoms with Gasteiger partial charge in [-0.2, -0.15) is 4.98 Å². The molecule has 0 aliphatic carbocycles. The zero-order valence-electron chi connectivity index (χ0n) is 8.08. The minimum Gasteiger partial charge on any atom is -0.368 e. The minimum absolute atomic E-state index is 0.245. The first-order chi connectivity index (χ1) is 7.65. The fraction of sp³-hybridized carbons (Fsp3) is 0.111. The molecule has 16 heavy (non-hydrogen) atoms. The highest BCUT2D eigenvalue weighted by molar-refractivity contribution is 9.10. The lowest BCUT2D eigenvalue weighted by Gasteiger charge is -2.05. The van der Waals surface area contributed by atoms with Crippen LogP contribution in [-0.2, 0) is 6.54 Å². The molecule has 0 fully saturated rings. The van der Waals surface area contributed by atoms with E-state index in [2.05, 4.69) is 31.2 Å². The lowest BCUT2D eigenvalue weighted by Crippen LogP contribution is -2.03. The summed E-state index contributed by atoms with van der Waals surface area (Å²) in [5, 5.41) is 3.16. The van der Waals surface area contributed by atoms with Gasteiger partial charge in [-0.05, 0) is 28.1 Å². The van der Waals surface area contributed by atoms with Crippen molar-refractivity contribution >= 4 is 50.6 Å². The second-order valence-corrected chi connectivity index (χ2v) is 5.64. The van der Waals surface area contributed by atoms with Crippen molar-refractivity contribution in [2.24, 2.45) is 0 Å². The van der Waals surface area contributed by atoms with Gasteiger partial charge < -0.3 is 11.1 Å². The molecule has 84 valence electrons. The first kappa shape index (κ1) is 11.6. The van der Waals surface area contributed by atoms with Crippen LogP contribution in [0.15, 0.2) is 22.8 Å². The van der Waals surface area contributed by atoms with E-state index in [4.69, 9.17) is 17.3 Å². The van der Waals surface area contributed by atoms with Crippen LogP contribution < -0.4 is 11.1 Å². The van der Waals surface area contributed by atoms with E-state index in [1.807, 2.05) is 12.1 Å². The Morgan fingerprint density at radius 3 is 3.00 bits per heavy atom. The van der Waals surface area contributed by atoms with Crippen LogP contribution in [0.1, 0.15) is 4.88 Å². The summed E-state index contributed by atoms with van der Waals surface area (Å²) in [5.74, 6) is 0.923. The number of anilines is 2. The van der Waals surface area contributed by atoms with Crippen molar-refractivity contribution < 1.29 is 0 Å². The summed E-state index contributed by atoms with van der Waals surface area (Å²) in [5.41, 5.74) is 5.50. The Bertz CT molecular complexity index is 502. The number of nitrogen functional groups attached to an aromatic ring is 1. The summed E-state index contributed by atoms with van der Waals surface area (Å²) in [6.07, 6.45) is 1.62. The molecular formula is C9H8BrClN4S. The van der Waals surface area contributed by atoms with Crippen LogP contribution in [0.4, 0.5) is 11.8 Å². The van der Waals surface area contributed by atoms with Gasteiger partial charge in [0.15, 0.2) is 0 Å². The summed E-state index contributed by atoms with van der Waals surface area (Å²) in [4.78, 5) is 9.07. The highest BCUT2D eigenvalue weighted by Gasteiger charge is 2.04. The molecule has 0 aliphatic heterocycles. The fourth-order valence-electron chi connectivity index (χ4n) is 1.12. The maximum atomic E-state index is 5.83. The Hall–Kier alpha value is -0.850. The Morgan fingerprint density at radius 2 is 2.31 bits per heavy atom. The molecule has 0 unspecified atom stereocenters. The number of halogens is 2. The molecule has 0 saturated heterocycles. The molecule has 0 bridgehead atoms. The molecule has 2 rings (SSSR count). The minimum atomic E-state index is 0.245. The van der Waals surface area contributed by atoms with Gasteiger partial charge in [-0.15, -0.1) is 11.3 Å². The topological polar surface area (TPSA) is 63.8 Å². The third-order valence-corrected chi connectivity index (χ3v) is 3.63. The van der Waals surface area contributed by atoms with Gasteiger partial charge in [0.25, 0.3) is 0 Å². The SMILES string of the molecule is Nc1ncc(Br)c(NCc2ccc(Cl)s2)n1. The summed E-state index contributed by atoms with van der Waals surface area (Å²) < 4.78 is 1.56. The van der Waals surface area contributed by atoms with Gasteiger partial charge in [0.2, 0.25) is 5.95 Å². The van der Waals surface area contributed by atoms with Crippen molar-refractivity contribution in [1.82, 2.24) is 9.97 Å². The van der Waals surface area contributed by atoms with Crippen LogP contribution in [0.5, 0.6) is 0 Å². The van der Waals surface area contributed by atoms with Crippen molar-refractivity contribution in [3.8, 4) is 0 Å². The zero-order valence-corrected chi connectivity index (χ0v) is 11.2. The summed E-state index contributed by atoms with van der Waals surface area (Å²) in [6, 6.07) is 3.84. The summed E-state index contributed by atoms with van der Waals surface area (Å²) in [7, 11) is 0. The van der Waals surface area contributed by atoms with Crippen molar-refractivity contribution in [2.75, 3.05) is 11.1 Å². The standard InChI is InChI=1S/C9H8BrClN4S/c10-6-4-14-9(12)15-8(6)13-3-5-1-2-7(11)16-5/h1-2,4H,3H2,(H3,12,13,14,15). The quantitative estimate of drug-likeness (QED) is 0.912. The van der Waals surface area contributed by atoms with Crippen molar-refractivity contribution in [2.45, 2.75) is 6.54 Å². The van der Waals surface area contributed by atoms with Crippen LogP contribution >= 0.6 is 38.9 Å². The van der Waals surface area contributed by atoms with Crippen LogP contribution in [0.25, 0.3) is 0 Å². The van der Waals surface area contributed by atoms with E-state index in [-0.39, 0.29) is 5.95 Å². The molecule has 3 N–H and O–H groups in total. The Kier molecular flexibility index (Phi) is 3.63. The molecular weight excluding hydrogens is 312 g/mol. The van der Waals surface area contributed by atoms with Gasteiger partial charge >= 0.3 is 0 Å². The third-order valence-electron chi connectivity index (χ3n) is 1.82. The Balaban J connectivity index is 2.07. The predicted octanol–water partition coefficient (Wildman–Crippen LogP) is 3.15. The highest BCUT2D eigenvalue weighted by Crippen LogP contribution is 2.24.